The van der Waals surface area contributed by atoms with Gasteiger partial charge in [0.2, 0.25) is 0 Å². The summed E-state index contributed by atoms with van der Waals surface area (Å²) in [5.74, 6) is 0. The van der Waals surface area contributed by atoms with Crippen molar-refractivity contribution in [1.82, 2.24) is 0 Å². The van der Waals surface area contributed by atoms with Crippen LogP contribution in [0.4, 0.5) is 0 Å². The van der Waals surface area contributed by atoms with E-state index in [-0.39, 0.29) is 5.04 Å². The fraction of sp³-hybridized carbons (Fsp3) is 0.318. The zero-order valence-electron chi connectivity index (χ0n) is 15.0. The van der Waals surface area contributed by atoms with Crippen molar-refractivity contribution in [2.45, 2.75) is 44.7 Å². The van der Waals surface area contributed by atoms with E-state index in [1.807, 2.05) is 0 Å². The van der Waals surface area contributed by atoms with E-state index in [1.165, 1.54) is 15.9 Å². The van der Waals surface area contributed by atoms with Crippen molar-refractivity contribution in [1.29, 1.82) is 5.26 Å². The van der Waals surface area contributed by atoms with Crippen LogP contribution < -0.4 is 10.4 Å². The second kappa shape index (κ2) is 7.64. The summed E-state index contributed by atoms with van der Waals surface area (Å²) in [6.45, 7) is 11.4. The van der Waals surface area contributed by atoms with Crippen molar-refractivity contribution in [3.8, 4) is 6.07 Å². The summed E-state index contributed by atoms with van der Waals surface area (Å²) in [6, 6.07) is 25.1. The highest BCUT2D eigenvalue weighted by atomic mass is 28.3. The van der Waals surface area contributed by atoms with Crippen LogP contribution in [0.15, 0.2) is 72.8 Å². The summed E-state index contributed by atoms with van der Waals surface area (Å²) in [6.07, 6.45) is 1.35. The standard InChI is InChI=1S/C22H27NSi/c1-19(12-11-17-23)18-24(22(2,3)4,20-13-7-5-8-14-20)21-15-9-6-10-16-21/h5-10,13-16H,1,11-12,18H2,2-4H3. The predicted octanol–water partition coefficient (Wildman–Crippen LogP) is 4.91. The zero-order chi connectivity index (χ0) is 17.6. The third-order valence-electron chi connectivity index (χ3n) is 4.92. The summed E-state index contributed by atoms with van der Waals surface area (Å²) >= 11 is 0. The van der Waals surface area contributed by atoms with Crippen molar-refractivity contribution >= 4 is 18.4 Å². The smallest absolute Gasteiger partial charge is 0.127 e. The van der Waals surface area contributed by atoms with Gasteiger partial charge in [-0.05, 0) is 17.5 Å². The largest absolute Gasteiger partial charge is 0.198 e. The molecule has 2 aromatic rings. The fourth-order valence-electron chi connectivity index (χ4n) is 3.64. The molecular weight excluding hydrogens is 306 g/mol. The molecule has 0 saturated carbocycles. The van der Waals surface area contributed by atoms with Gasteiger partial charge in [-0.25, -0.2) is 0 Å². The monoisotopic (exact) mass is 333 g/mol. The number of nitriles is 1. The van der Waals surface area contributed by atoms with Crippen molar-refractivity contribution in [2.24, 2.45) is 0 Å². The molecule has 0 aromatic heterocycles. The van der Waals surface area contributed by atoms with Crippen LogP contribution in [0, 0.1) is 11.3 Å². The molecule has 0 spiro atoms. The van der Waals surface area contributed by atoms with Crippen molar-refractivity contribution in [2.75, 3.05) is 0 Å². The Morgan fingerprint density at radius 2 is 1.42 bits per heavy atom. The first-order valence-corrected chi connectivity index (χ1v) is 10.8. The number of allylic oxidation sites excluding steroid dienone is 1. The maximum atomic E-state index is 8.93. The Bertz CT molecular complexity index is 666. The minimum Gasteiger partial charge on any atom is -0.198 e. The second-order valence-corrected chi connectivity index (χ2v) is 12.3. The molecule has 0 atom stereocenters. The SMILES string of the molecule is C=C(CCC#N)C[Si](c1ccccc1)(c1ccccc1)C(C)(C)C. The van der Waals surface area contributed by atoms with Gasteiger partial charge in [-0.15, -0.1) is 6.58 Å². The van der Waals surface area contributed by atoms with E-state index in [0.717, 1.165) is 12.5 Å². The third kappa shape index (κ3) is 3.68. The maximum Gasteiger partial charge on any atom is 0.127 e. The lowest BCUT2D eigenvalue weighted by atomic mass is 10.2. The van der Waals surface area contributed by atoms with Crippen LogP contribution in [0.3, 0.4) is 0 Å². The Morgan fingerprint density at radius 3 is 1.79 bits per heavy atom. The average Bonchev–Trinajstić information content (AvgIpc) is 2.58. The summed E-state index contributed by atoms with van der Waals surface area (Å²) in [5.41, 5.74) is 1.20. The summed E-state index contributed by atoms with van der Waals surface area (Å²) in [4.78, 5) is 0. The molecule has 0 heterocycles. The minimum absolute atomic E-state index is 0.144. The number of hydrogen-bond donors (Lipinski definition) is 0. The molecule has 0 bridgehead atoms. The van der Waals surface area contributed by atoms with Gasteiger partial charge < -0.3 is 0 Å². The van der Waals surface area contributed by atoms with Crippen LogP contribution in [0.5, 0.6) is 0 Å². The Balaban J connectivity index is 2.62. The molecule has 1 nitrogen and oxygen atoms in total. The molecule has 0 unspecified atom stereocenters. The Morgan fingerprint density at radius 1 is 0.958 bits per heavy atom. The van der Waals surface area contributed by atoms with E-state index in [4.69, 9.17) is 5.26 Å². The number of hydrogen-bond acceptors (Lipinski definition) is 1. The molecular formula is C22H27NSi. The summed E-state index contributed by atoms with van der Waals surface area (Å²) in [5, 5.41) is 12.0. The number of rotatable bonds is 6. The van der Waals surface area contributed by atoms with Crippen molar-refractivity contribution in [3.63, 3.8) is 0 Å². The fourth-order valence-corrected chi connectivity index (χ4v) is 9.10. The first-order valence-electron chi connectivity index (χ1n) is 8.56. The second-order valence-electron chi connectivity index (χ2n) is 7.47. The molecule has 0 radical (unpaired) electrons. The highest BCUT2D eigenvalue weighted by Crippen LogP contribution is 2.40. The van der Waals surface area contributed by atoms with Crippen LogP contribution >= 0.6 is 0 Å². The first-order chi connectivity index (χ1) is 11.4. The third-order valence-corrected chi connectivity index (χ3v) is 11.1. The average molecular weight is 334 g/mol. The lowest BCUT2D eigenvalue weighted by Gasteiger charge is -2.45. The van der Waals surface area contributed by atoms with Gasteiger partial charge in [0.05, 0.1) is 6.07 Å². The van der Waals surface area contributed by atoms with Crippen LogP contribution in [0.1, 0.15) is 33.6 Å². The van der Waals surface area contributed by atoms with Crippen molar-refractivity contribution in [3.05, 3.63) is 72.8 Å². The lowest BCUT2D eigenvalue weighted by Crippen LogP contribution is -2.64. The van der Waals surface area contributed by atoms with E-state index in [1.54, 1.807) is 0 Å². The molecule has 0 aliphatic carbocycles. The van der Waals surface area contributed by atoms with Crippen LogP contribution in [0.2, 0.25) is 11.1 Å². The zero-order valence-corrected chi connectivity index (χ0v) is 16.0. The van der Waals surface area contributed by atoms with Gasteiger partial charge in [-0.2, -0.15) is 5.26 Å². The van der Waals surface area contributed by atoms with Gasteiger partial charge in [0.25, 0.3) is 0 Å². The highest BCUT2D eigenvalue weighted by molar-refractivity contribution is 7.04. The highest BCUT2D eigenvalue weighted by Gasteiger charge is 2.47. The minimum atomic E-state index is -2.07. The Labute approximate surface area is 147 Å². The Hall–Kier alpha value is -2.11. The molecule has 24 heavy (non-hydrogen) atoms. The molecule has 2 rings (SSSR count). The predicted molar refractivity (Wildman–Crippen MR) is 106 cm³/mol. The van der Waals surface area contributed by atoms with Crippen LogP contribution in [-0.4, -0.2) is 8.07 Å². The van der Waals surface area contributed by atoms with Gasteiger partial charge in [-0.1, -0.05) is 97.4 Å². The van der Waals surface area contributed by atoms with Crippen LogP contribution in [0.25, 0.3) is 0 Å². The molecule has 2 heteroatoms. The van der Waals surface area contributed by atoms with Gasteiger partial charge in [-0.3, -0.25) is 0 Å². The summed E-state index contributed by atoms with van der Waals surface area (Å²) < 4.78 is 0. The molecule has 2 aromatic carbocycles. The van der Waals surface area contributed by atoms with E-state index < -0.39 is 8.07 Å². The van der Waals surface area contributed by atoms with Gasteiger partial charge in [0, 0.05) is 6.42 Å². The topological polar surface area (TPSA) is 23.8 Å². The molecule has 0 aliphatic heterocycles. The van der Waals surface area contributed by atoms with E-state index in [9.17, 15) is 0 Å². The first kappa shape index (κ1) is 18.2. The van der Waals surface area contributed by atoms with Crippen molar-refractivity contribution < 1.29 is 0 Å². The molecule has 0 aliphatic rings. The van der Waals surface area contributed by atoms with Gasteiger partial charge >= 0.3 is 0 Å². The summed E-state index contributed by atoms with van der Waals surface area (Å²) in [7, 11) is -2.07. The van der Waals surface area contributed by atoms with Crippen LogP contribution in [-0.2, 0) is 0 Å². The number of benzene rings is 2. The molecule has 0 fully saturated rings. The van der Waals surface area contributed by atoms with E-state index in [2.05, 4.69) is 94.1 Å². The molecule has 0 amide bonds. The lowest BCUT2D eigenvalue weighted by molar-refractivity contribution is 0.727. The van der Waals surface area contributed by atoms with Gasteiger partial charge in [0.15, 0.2) is 0 Å². The molecule has 124 valence electrons. The molecule has 0 N–H and O–H groups in total. The van der Waals surface area contributed by atoms with Gasteiger partial charge in [0.1, 0.15) is 8.07 Å². The number of nitrogens with zero attached hydrogens (tertiary/aromatic N) is 1. The van der Waals surface area contributed by atoms with E-state index in [0.29, 0.717) is 6.42 Å². The normalized spacial score (nSPS) is 11.8. The maximum absolute atomic E-state index is 8.93. The molecule has 0 saturated heterocycles. The van der Waals surface area contributed by atoms with E-state index >= 15 is 0 Å². The Kier molecular flexibility index (Phi) is 5.80. The quantitative estimate of drug-likeness (QED) is 0.544.